The maximum Gasteiger partial charge on any atom is 0.149 e. The summed E-state index contributed by atoms with van der Waals surface area (Å²) in [5, 5.41) is 10.7. The van der Waals surface area contributed by atoms with Crippen LogP contribution in [-0.4, -0.2) is 15.0 Å². The average Bonchev–Trinajstić information content (AvgIpc) is 3.13. The molecule has 0 fully saturated rings. The summed E-state index contributed by atoms with van der Waals surface area (Å²) in [4.78, 5) is 11.1. The molecule has 4 rings (SSSR count). The standard InChI is InChI=1S/C19H14N4/c1-12-15(14-6-2-3-7-16(14)21-12)10-13(11-20)19-22-17-8-4-5-9-18(17)23-19/h2-10,21H,1H3,(H,22,23). The molecule has 0 radical (unpaired) electrons. The molecule has 4 aromatic rings. The zero-order valence-electron chi connectivity index (χ0n) is 12.6. The van der Waals surface area contributed by atoms with E-state index in [1.807, 2.05) is 55.5 Å². The number of aryl methyl sites for hydroxylation is 1. The van der Waals surface area contributed by atoms with E-state index in [1.54, 1.807) is 0 Å². The number of benzene rings is 2. The van der Waals surface area contributed by atoms with Gasteiger partial charge in [-0.15, -0.1) is 0 Å². The van der Waals surface area contributed by atoms with Crippen molar-refractivity contribution in [2.75, 3.05) is 0 Å². The Balaban J connectivity index is 1.90. The van der Waals surface area contributed by atoms with Gasteiger partial charge in [0, 0.05) is 22.2 Å². The quantitative estimate of drug-likeness (QED) is 0.538. The predicted octanol–water partition coefficient (Wildman–Crippen LogP) is 4.42. The van der Waals surface area contributed by atoms with E-state index in [9.17, 15) is 5.26 Å². The van der Waals surface area contributed by atoms with Crippen molar-refractivity contribution < 1.29 is 0 Å². The maximum atomic E-state index is 9.58. The van der Waals surface area contributed by atoms with Crippen LogP contribution < -0.4 is 0 Å². The number of hydrogen-bond donors (Lipinski definition) is 2. The molecule has 0 aliphatic heterocycles. The molecule has 110 valence electrons. The number of nitrogens with zero attached hydrogens (tertiary/aromatic N) is 2. The molecule has 0 saturated heterocycles. The van der Waals surface area contributed by atoms with Crippen molar-refractivity contribution in [1.82, 2.24) is 15.0 Å². The first-order chi connectivity index (χ1) is 11.3. The molecule has 0 aliphatic rings. The van der Waals surface area contributed by atoms with Crippen LogP contribution in [0.15, 0.2) is 48.5 Å². The van der Waals surface area contributed by atoms with Gasteiger partial charge in [-0.1, -0.05) is 30.3 Å². The topological polar surface area (TPSA) is 68.3 Å². The van der Waals surface area contributed by atoms with Crippen molar-refractivity contribution in [3.8, 4) is 6.07 Å². The summed E-state index contributed by atoms with van der Waals surface area (Å²) in [6.07, 6.45) is 1.89. The lowest BCUT2D eigenvalue weighted by Gasteiger charge is -1.96. The molecular formula is C19H14N4. The molecule has 0 bridgehead atoms. The highest BCUT2D eigenvalue weighted by molar-refractivity contribution is 5.98. The SMILES string of the molecule is Cc1[nH]c2ccccc2c1C=C(C#N)c1nc2ccccc2[nH]1. The number of imidazole rings is 1. The molecule has 2 aromatic carbocycles. The number of hydrogen-bond acceptors (Lipinski definition) is 2. The first-order valence-corrected chi connectivity index (χ1v) is 7.40. The number of nitrogens with one attached hydrogen (secondary N) is 2. The van der Waals surface area contributed by atoms with Crippen LogP contribution in [0.5, 0.6) is 0 Å². The Hall–Kier alpha value is -3.32. The van der Waals surface area contributed by atoms with Crippen molar-refractivity contribution in [2.45, 2.75) is 6.92 Å². The lowest BCUT2D eigenvalue weighted by atomic mass is 10.1. The minimum absolute atomic E-state index is 0.522. The Bertz CT molecular complexity index is 1060. The molecule has 23 heavy (non-hydrogen) atoms. The monoisotopic (exact) mass is 298 g/mol. The predicted molar refractivity (Wildman–Crippen MR) is 92.6 cm³/mol. The van der Waals surface area contributed by atoms with E-state index in [0.717, 1.165) is 33.2 Å². The second-order valence-electron chi connectivity index (χ2n) is 5.48. The molecule has 2 N–H and O–H groups in total. The first-order valence-electron chi connectivity index (χ1n) is 7.40. The number of aromatic amines is 2. The van der Waals surface area contributed by atoms with Gasteiger partial charge in [0.05, 0.1) is 16.6 Å². The van der Waals surface area contributed by atoms with E-state index in [4.69, 9.17) is 0 Å². The van der Waals surface area contributed by atoms with Crippen LogP contribution in [0.2, 0.25) is 0 Å². The van der Waals surface area contributed by atoms with Crippen molar-refractivity contribution in [1.29, 1.82) is 5.26 Å². The fourth-order valence-electron chi connectivity index (χ4n) is 2.86. The summed E-state index contributed by atoms with van der Waals surface area (Å²) < 4.78 is 0. The fraction of sp³-hybridized carbons (Fsp3) is 0.0526. The van der Waals surface area contributed by atoms with Crippen LogP contribution in [0, 0.1) is 18.3 Å². The average molecular weight is 298 g/mol. The summed E-state index contributed by atoms with van der Waals surface area (Å²) >= 11 is 0. The Morgan fingerprint density at radius 2 is 1.78 bits per heavy atom. The van der Waals surface area contributed by atoms with Crippen molar-refractivity contribution >= 4 is 33.6 Å². The Morgan fingerprint density at radius 1 is 1.04 bits per heavy atom. The van der Waals surface area contributed by atoms with E-state index in [-0.39, 0.29) is 0 Å². The Morgan fingerprint density at radius 3 is 2.57 bits per heavy atom. The second kappa shape index (κ2) is 5.15. The van der Waals surface area contributed by atoms with Crippen molar-refractivity contribution in [3.05, 3.63) is 65.6 Å². The van der Waals surface area contributed by atoms with Gasteiger partial charge in [-0.25, -0.2) is 4.98 Å². The van der Waals surface area contributed by atoms with Gasteiger partial charge < -0.3 is 9.97 Å². The fourth-order valence-corrected chi connectivity index (χ4v) is 2.86. The van der Waals surface area contributed by atoms with Gasteiger partial charge in [0.15, 0.2) is 0 Å². The van der Waals surface area contributed by atoms with E-state index in [1.165, 1.54) is 0 Å². The van der Waals surface area contributed by atoms with Crippen molar-refractivity contribution in [2.24, 2.45) is 0 Å². The molecule has 0 atom stereocenters. The first kappa shape index (κ1) is 13.4. The minimum atomic E-state index is 0.522. The lowest BCUT2D eigenvalue weighted by Crippen LogP contribution is -1.85. The summed E-state index contributed by atoms with van der Waals surface area (Å²) in [7, 11) is 0. The largest absolute Gasteiger partial charge is 0.358 e. The molecule has 4 nitrogen and oxygen atoms in total. The minimum Gasteiger partial charge on any atom is -0.358 e. The van der Waals surface area contributed by atoms with E-state index >= 15 is 0 Å². The third kappa shape index (κ3) is 2.19. The molecule has 0 unspecified atom stereocenters. The molecule has 2 aromatic heterocycles. The molecule has 0 spiro atoms. The van der Waals surface area contributed by atoms with Crippen molar-refractivity contribution in [3.63, 3.8) is 0 Å². The van der Waals surface area contributed by atoms with Gasteiger partial charge in [0.1, 0.15) is 11.9 Å². The second-order valence-corrected chi connectivity index (χ2v) is 5.48. The van der Waals surface area contributed by atoms with Crippen LogP contribution in [0.3, 0.4) is 0 Å². The van der Waals surface area contributed by atoms with Crippen LogP contribution in [0.25, 0.3) is 33.6 Å². The summed E-state index contributed by atoms with van der Waals surface area (Å²) in [5.74, 6) is 0.596. The number of allylic oxidation sites excluding steroid dienone is 1. The molecule has 0 amide bonds. The third-order valence-electron chi connectivity index (χ3n) is 4.00. The highest BCUT2D eigenvalue weighted by Gasteiger charge is 2.11. The van der Waals surface area contributed by atoms with E-state index in [2.05, 4.69) is 27.1 Å². The van der Waals surface area contributed by atoms with Gasteiger partial charge in [-0.05, 0) is 31.2 Å². The van der Waals surface area contributed by atoms with Crippen LogP contribution in [0.1, 0.15) is 17.1 Å². The number of fused-ring (bicyclic) bond motifs is 2. The van der Waals surface area contributed by atoms with Gasteiger partial charge in [0.25, 0.3) is 0 Å². The number of H-pyrrole nitrogens is 2. The van der Waals surface area contributed by atoms with Crippen LogP contribution in [-0.2, 0) is 0 Å². The summed E-state index contributed by atoms with van der Waals surface area (Å²) in [6, 6.07) is 18.1. The van der Waals surface area contributed by atoms with Crippen LogP contribution >= 0.6 is 0 Å². The van der Waals surface area contributed by atoms with Crippen LogP contribution in [0.4, 0.5) is 0 Å². The molecule has 0 saturated carbocycles. The van der Waals surface area contributed by atoms with Gasteiger partial charge >= 0.3 is 0 Å². The zero-order valence-corrected chi connectivity index (χ0v) is 12.6. The maximum absolute atomic E-state index is 9.58. The molecule has 2 heterocycles. The Labute approximate surface area is 133 Å². The molecular weight excluding hydrogens is 284 g/mol. The van der Waals surface area contributed by atoms with Gasteiger partial charge in [0.2, 0.25) is 0 Å². The highest BCUT2D eigenvalue weighted by Crippen LogP contribution is 2.26. The number of para-hydroxylation sites is 3. The smallest absolute Gasteiger partial charge is 0.149 e. The third-order valence-corrected chi connectivity index (χ3v) is 4.00. The van der Waals surface area contributed by atoms with Gasteiger partial charge in [-0.2, -0.15) is 5.26 Å². The zero-order chi connectivity index (χ0) is 15.8. The molecule has 0 aliphatic carbocycles. The number of nitriles is 1. The highest BCUT2D eigenvalue weighted by atomic mass is 14.9. The van der Waals surface area contributed by atoms with Gasteiger partial charge in [-0.3, -0.25) is 0 Å². The Kier molecular flexibility index (Phi) is 2.99. The van der Waals surface area contributed by atoms with E-state index < -0.39 is 0 Å². The lowest BCUT2D eigenvalue weighted by molar-refractivity contribution is 1.27. The summed E-state index contributed by atoms with van der Waals surface area (Å²) in [6.45, 7) is 2.01. The normalized spacial score (nSPS) is 11.9. The summed E-state index contributed by atoms with van der Waals surface area (Å²) in [5.41, 5.74) is 5.44. The number of aromatic nitrogens is 3. The molecule has 4 heteroatoms. The van der Waals surface area contributed by atoms with E-state index in [0.29, 0.717) is 11.4 Å². The number of rotatable bonds is 2.